The zero-order valence-corrected chi connectivity index (χ0v) is 9.67. The molecule has 1 aromatic rings. The molecule has 0 aromatic heterocycles. The summed E-state index contributed by atoms with van der Waals surface area (Å²) in [7, 11) is 4.33. The number of ether oxygens (including phenoxy) is 3. The molecule has 0 N–H and O–H groups in total. The predicted molar refractivity (Wildman–Crippen MR) is 59.0 cm³/mol. The van der Waals surface area contributed by atoms with Crippen molar-refractivity contribution in [3.8, 4) is 0 Å². The summed E-state index contributed by atoms with van der Waals surface area (Å²) in [6.45, 7) is 0. The van der Waals surface area contributed by atoms with Crippen molar-refractivity contribution in [2.24, 2.45) is 0 Å². The zero-order valence-electron chi connectivity index (χ0n) is 9.67. The Morgan fingerprint density at radius 3 is 2.06 bits per heavy atom. The van der Waals surface area contributed by atoms with Gasteiger partial charge in [-0.25, -0.2) is 0 Å². The summed E-state index contributed by atoms with van der Waals surface area (Å²) in [6, 6.07) is 9.27. The molecule has 4 nitrogen and oxygen atoms in total. The maximum Gasteiger partial charge on any atom is 0.318 e. The zero-order chi connectivity index (χ0) is 12.0. The minimum absolute atomic E-state index is 0.375. The highest BCUT2D eigenvalue weighted by Gasteiger charge is 2.30. The molecule has 0 aliphatic rings. The molecule has 1 unspecified atom stereocenters. The minimum atomic E-state index is -0.644. The molecule has 0 heterocycles. The summed E-state index contributed by atoms with van der Waals surface area (Å²) in [5.74, 6) is -0.943. The lowest BCUT2D eigenvalue weighted by Crippen LogP contribution is -2.30. The molecule has 0 aliphatic heterocycles. The molecule has 0 saturated carbocycles. The van der Waals surface area contributed by atoms with Crippen LogP contribution in [0.1, 0.15) is 11.5 Å². The molecule has 1 aromatic carbocycles. The fourth-order valence-electron chi connectivity index (χ4n) is 1.56. The van der Waals surface area contributed by atoms with Gasteiger partial charge in [-0.2, -0.15) is 0 Å². The summed E-state index contributed by atoms with van der Waals surface area (Å²) >= 11 is 0. The number of methoxy groups -OCH3 is 3. The smallest absolute Gasteiger partial charge is 0.318 e. The van der Waals surface area contributed by atoms with Crippen LogP contribution in [-0.4, -0.2) is 33.6 Å². The van der Waals surface area contributed by atoms with Crippen LogP contribution in [0.15, 0.2) is 30.3 Å². The number of hydrogen-bond donors (Lipinski definition) is 0. The molecule has 4 heteroatoms. The molecule has 0 saturated heterocycles. The van der Waals surface area contributed by atoms with Gasteiger partial charge in [-0.05, 0) is 5.56 Å². The largest absolute Gasteiger partial charge is 0.468 e. The van der Waals surface area contributed by atoms with Gasteiger partial charge in [0.15, 0.2) is 6.29 Å². The molecule has 0 amide bonds. The van der Waals surface area contributed by atoms with E-state index in [0.29, 0.717) is 0 Å². The van der Waals surface area contributed by atoms with E-state index >= 15 is 0 Å². The molecular weight excluding hydrogens is 208 g/mol. The number of carbonyl (C=O) groups is 1. The SMILES string of the molecule is COC(=O)C(c1ccccc1)C(OC)OC. The fourth-order valence-corrected chi connectivity index (χ4v) is 1.56. The lowest BCUT2D eigenvalue weighted by Gasteiger charge is -2.22. The Morgan fingerprint density at radius 2 is 1.62 bits per heavy atom. The Kier molecular flexibility index (Phi) is 4.95. The van der Waals surface area contributed by atoms with Crippen molar-refractivity contribution < 1.29 is 19.0 Å². The first-order valence-corrected chi connectivity index (χ1v) is 4.93. The van der Waals surface area contributed by atoms with Crippen molar-refractivity contribution in [3.05, 3.63) is 35.9 Å². The molecule has 0 spiro atoms. The van der Waals surface area contributed by atoms with Gasteiger partial charge in [0.25, 0.3) is 0 Å². The van der Waals surface area contributed by atoms with Crippen LogP contribution in [-0.2, 0) is 19.0 Å². The quantitative estimate of drug-likeness (QED) is 0.562. The second kappa shape index (κ2) is 6.25. The summed E-state index contributed by atoms with van der Waals surface area (Å²) in [4.78, 5) is 11.7. The molecule has 0 bridgehead atoms. The highest BCUT2D eigenvalue weighted by atomic mass is 16.7. The minimum Gasteiger partial charge on any atom is -0.468 e. The van der Waals surface area contributed by atoms with Gasteiger partial charge in [0.1, 0.15) is 5.92 Å². The number of benzene rings is 1. The van der Waals surface area contributed by atoms with E-state index in [-0.39, 0.29) is 5.97 Å². The standard InChI is InChI=1S/C12H16O4/c1-14-11(13)10(12(15-2)16-3)9-7-5-4-6-8-9/h4-8,10,12H,1-3H3. The normalized spacial score (nSPS) is 12.5. The van der Waals surface area contributed by atoms with E-state index in [0.717, 1.165) is 5.56 Å². The van der Waals surface area contributed by atoms with E-state index in [4.69, 9.17) is 14.2 Å². The van der Waals surface area contributed by atoms with E-state index in [1.165, 1.54) is 21.3 Å². The number of rotatable bonds is 5. The van der Waals surface area contributed by atoms with Crippen molar-refractivity contribution in [2.75, 3.05) is 21.3 Å². The van der Waals surface area contributed by atoms with Crippen LogP contribution in [0.25, 0.3) is 0 Å². The third kappa shape index (κ3) is 2.81. The first-order chi connectivity index (χ1) is 7.74. The second-order valence-corrected chi connectivity index (χ2v) is 3.25. The van der Waals surface area contributed by atoms with Gasteiger partial charge in [0.05, 0.1) is 7.11 Å². The van der Waals surface area contributed by atoms with Gasteiger partial charge in [-0.3, -0.25) is 4.79 Å². The van der Waals surface area contributed by atoms with Crippen LogP contribution >= 0.6 is 0 Å². The van der Waals surface area contributed by atoms with Crippen LogP contribution in [0.3, 0.4) is 0 Å². The van der Waals surface area contributed by atoms with Crippen molar-refractivity contribution in [3.63, 3.8) is 0 Å². The van der Waals surface area contributed by atoms with Crippen LogP contribution in [0, 0.1) is 0 Å². The average Bonchev–Trinajstić information content (AvgIpc) is 2.36. The highest BCUT2D eigenvalue weighted by molar-refractivity contribution is 5.78. The van der Waals surface area contributed by atoms with Gasteiger partial charge in [0, 0.05) is 14.2 Å². The molecule has 0 fully saturated rings. The van der Waals surface area contributed by atoms with E-state index in [9.17, 15) is 4.79 Å². The second-order valence-electron chi connectivity index (χ2n) is 3.25. The van der Waals surface area contributed by atoms with Gasteiger partial charge in [-0.1, -0.05) is 30.3 Å². The number of esters is 1. The first kappa shape index (κ1) is 12.7. The molecule has 1 rings (SSSR count). The Labute approximate surface area is 95.1 Å². The molecule has 16 heavy (non-hydrogen) atoms. The van der Waals surface area contributed by atoms with Crippen molar-refractivity contribution in [1.29, 1.82) is 0 Å². The molecule has 88 valence electrons. The average molecular weight is 224 g/mol. The van der Waals surface area contributed by atoms with Crippen molar-refractivity contribution in [1.82, 2.24) is 0 Å². The van der Waals surface area contributed by atoms with Crippen LogP contribution in [0.2, 0.25) is 0 Å². The lowest BCUT2D eigenvalue weighted by molar-refractivity contribution is -0.163. The van der Waals surface area contributed by atoms with Crippen LogP contribution in [0.5, 0.6) is 0 Å². The third-order valence-corrected chi connectivity index (χ3v) is 2.35. The first-order valence-electron chi connectivity index (χ1n) is 4.93. The summed E-state index contributed by atoms with van der Waals surface area (Å²) in [5.41, 5.74) is 0.808. The van der Waals surface area contributed by atoms with Gasteiger partial charge in [0.2, 0.25) is 0 Å². The summed E-state index contributed by atoms with van der Waals surface area (Å²) < 4.78 is 15.0. The Hall–Kier alpha value is -1.39. The fraction of sp³-hybridized carbons (Fsp3) is 0.417. The van der Waals surface area contributed by atoms with Gasteiger partial charge in [-0.15, -0.1) is 0 Å². The van der Waals surface area contributed by atoms with E-state index in [2.05, 4.69) is 0 Å². The van der Waals surface area contributed by atoms with Crippen molar-refractivity contribution in [2.45, 2.75) is 12.2 Å². The van der Waals surface area contributed by atoms with Crippen LogP contribution in [0.4, 0.5) is 0 Å². The van der Waals surface area contributed by atoms with Crippen LogP contribution < -0.4 is 0 Å². The summed E-state index contributed by atoms with van der Waals surface area (Å²) in [5, 5.41) is 0. The molecule has 0 aliphatic carbocycles. The Balaban J connectivity index is 3.00. The molecule has 0 radical (unpaired) electrons. The topological polar surface area (TPSA) is 44.8 Å². The van der Waals surface area contributed by atoms with Crippen molar-refractivity contribution >= 4 is 5.97 Å². The van der Waals surface area contributed by atoms with Gasteiger partial charge < -0.3 is 14.2 Å². The van der Waals surface area contributed by atoms with E-state index in [1.54, 1.807) is 0 Å². The van der Waals surface area contributed by atoms with Gasteiger partial charge >= 0.3 is 5.97 Å². The van der Waals surface area contributed by atoms with E-state index in [1.807, 2.05) is 30.3 Å². The number of carbonyl (C=O) groups excluding carboxylic acids is 1. The molecular formula is C12H16O4. The monoisotopic (exact) mass is 224 g/mol. The predicted octanol–water partition coefficient (Wildman–Crippen LogP) is 1.56. The number of hydrogen-bond acceptors (Lipinski definition) is 4. The third-order valence-electron chi connectivity index (χ3n) is 2.35. The summed E-state index contributed by atoms with van der Waals surface area (Å²) in [6.07, 6.45) is -0.644. The highest BCUT2D eigenvalue weighted by Crippen LogP contribution is 2.23. The maximum absolute atomic E-state index is 11.7. The lowest BCUT2D eigenvalue weighted by atomic mass is 9.98. The van der Waals surface area contributed by atoms with E-state index < -0.39 is 12.2 Å². The molecule has 1 atom stereocenters. The Morgan fingerprint density at radius 1 is 1.06 bits per heavy atom. The Bertz CT molecular complexity index is 319. The maximum atomic E-state index is 11.7.